The highest BCUT2D eigenvalue weighted by Gasteiger charge is 2.59. The summed E-state index contributed by atoms with van der Waals surface area (Å²) in [5.41, 5.74) is 1.79. The third-order valence-corrected chi connectivity index (χ3v) is 7.28. The van der Waals surface area contributed by atoms with Crippen LogP contribution in [0.25, 0.3) is 0 Å². The summed E-state index contributed by atoms with van der Waals surface area (Å²) in [6.07, 6.45) is 9.47. The summed E-state index contributed by atoms with van der Waals surface area (Å²) in [6, 6.07) is 0. The lowest BCUT2D eigenvalue weighted by molar-refractivity contribution is -0.237. The molecule has 21 heavy (non-hydrogen) atoms. The van der Waals surface area contributed by atoms with Gasteiger partial charge in [0.1, 0.15) is 0 Å². The number of ether oxygens (including phenoxy) is 1. The Kier molecular flexibility index (Phi) is 3.44. The Morgan fingerprint density at radius 3 is 2.48 bits per heavy atom. The van der Waals surface area contributed by atoms with Crippen LogP contribution in [0.4, 0.5) is 0 Å². The molecule has 2 saturated carbocycles. The highest BCUT2D eigenvalue weighted by atomic mass is 16.5. The molecule has 0 aromatic rings. The SMILES string of the molecule is C=C[C@]1(C)CC[C@@H]2[C@@]3(C)CC[C@@H](C)C(=C)[C@@H]3CC[C@@]2(C)O1. The molecule has 1 nitrogen and oxygen atoms in total. The number of hydrogen-bond acceptors (Lipinski definition) is 1. The Labute approximate surface area is 130 Å². The molecule has 118 valence electrons. The van der Waals surface area contributed by atoms with E-state index in [0.717, 1.165) is 6.42 Å². The van der Waals surface area contributed by atoms with Gasteiger partial charge in [0.25, 0.3) is 0 Å². The Morgan fingerprint density at radius 1 is 1.10 bits per heavy atom. The van der Waals surface area contributed by atoms with Crippen LogP contribution in [0.15, 0.2) is 24.8 Å². The molecule has 0 amide bonds. The number of fused-ring (bicyclic) bond motifs is 3. The number of allylic oxidation sites excluding steroid dienone is 1. The standard InChI is InChI=1S/C20H32O/c1-7-18(4)11-10-17-19(5)12-8-14(2)15(3)16(19)9-13-20(17,6)21-18/h7,14,16-17H,1,3,8-13H2,2,4-6H3/t14-,16+,17-,18-,19+,20-/m1/s1. The third kappa shape index (κ3) is 2.15. The minimum atomic E-state index is -0.132. The lowest BCUT2D eigenvalue weighted by Gasteiger charge is -2.63. The second-order valence-electron chi connectivity index (χ2n) is 8.63. The average Bonchev–Trinajstić information content (AvgIpc) is 2.42. The van der Waals surface area contributed by atoms with E-state index in [2.05, 4.69) is 40.9 Å². The maximum absolute atomic E-state index is 6.64. The molecular weight excluding hydrogens is 256 g/mol. The normalized spacial score (nSPS) is 53.7. The molecule has 3 rings (SSSR count). The zero-order valence-electron chi connectivity index (χ0n) is 14.4. The van der Waals surface area contributed by atoms with Crippen LogP contribution in [0.1, 0.15) is 66.2 Å². The second-order valence-corrected chi connectivity index (χ2v) is 8.63. The van der Waals surface area contributed by atoms with Crippen LogP contribution in [-0.4, -0.2) is 11.2 Å². The molecule has 1 saturated heterocycles. The van der Waals surface area contributed by atoms with Gasteiger partial charge >= 0.3 is 0 Å². The van der Waals surface area contributed by atoms with Gasteiger partial charge in [-0.1, -0.05) is 32.1 Å². The van der Waals surface area contributed by atoms with Gasteiger partial charge in [-0.2, -0.15) is 0 Å². The number of rotatable bonds is 1. The van der Waals surface area contributed by atoms with Gasteiger partial charge in [-0.15, -0.1) is 6.58 Å². The van der Waals surface area contributed by atoms with E-state index in [1.54, 1.807) is 0 Å². The van der Waals surface area contributed by atoms with Gasteiger partial charge in [0.15, 0.2) is 0 Å². The zero-order valence-corrected chi connectivity index (χ0v) is 14.4. The molecule has 0 aromatic heterocycles. The molecule has 1 aliphatic heterocycles. The van der Waals surface area contributed by atoms with Crippen LogP contribution in [-0.2, 0) is 4.74 Å². The molecular formula is C20H32O. The van der Waals surface area contributed by atoms with Gasteiger partial charge < -0.3 is 4.74 Å². The van der Waals surface area contributed by atoms with E-state index in [4.69, 9.17) is 4.74 Å². The van der Waals surface area contributed by atoms with E-state index in [9.17, 15) is 0 Å². The van der Waals surface area contributed by atoms with E-state index in [-0.39, 0.29) is 11.2 Å². The van der Waals surface area contributed by atoms with E-state index < -0.39 is 0 Å². The van der Waals surface area contributed by atoms with Crippen LogP contribution in [0.3, 0.4) is 0 Å². The van der Waals surface area contributed by atoms with Crippen LogP contribution in [0.2, 0.25) is 0 Å². The maximum atomic E-state index is 6.64. The predicted octanol–water partition coefficient (Wildman–Crippen LogP) is 5.52. The topological polar surface area (TPSA) is 9.23 Å². The van der Waals surface area contributed by atoms with E-state index in [1.165, 1.54) is 37.7 Å². The first kappa shape index (κ1) is 15.3. The van der Waals surface area contributed by atoms with E-state index in [0.29, 0.717) is 23.2 Å². The van der Waals surface area contributed by atoms with Crippen molar-refractivity contribution in [2.24, 2.45) is 23.2 Å². The molecule has 0 bridgehead atoms. The number of hydrogen-bond donors (Lipinski definition) is 0. The molecule has 1 heterocycles. The van der Waals surface area contributed by atoms with Crippen molar-refractivity contribution >= 4 is 0 Å². The minimum Gasteiger partial charge on any atom is -0.365 e. The van der Waals surface area contributed by atoms with Gasteiger partial charge in [-0.3, -0.25) is 0 Å². The van der Waals surface area contributed by atoms with Crippen molar-refractivity contribution in [3.8, 4) is 0 Å². The van der Waals surface area contributed by atoms with Crippen molar-refractivity contribution in [2.45, 2.75) is 77.4 Å². The first-order valence-corrected chi connectivity index (χ1v) is 8.76. The Bertz CT molecular complexity index is 466. The van der Waals surface area contributed by atoms with Crippen molar-refractivity contribution in [3.05, 3.63) is 24.8 Å². The van der Waals surface area contributed by atoms with E-state index in [1.807, 2.05) is 6.08 Å². The second kappa shape index (κ2) is 4.72. The first-order chi connectivity index (χ1) is 9.74. The van der Waals surface area contributed by atoms with Crippen LogP contribution >= 0.6 is 0 Å². The van der Waals surface area contributed by atoms with Crippen molar-refractivity contribution in [3.63, 3.8) is 0 Å². The fraction of sp³-hybridized carbons (Fsp3) is 0.800. The molecule has 3 fully saturated rings. The monoisotopic (exact) mass is 288 g/mol. The van der Waals surface area contributed by atoms with Gasteiger partial charge in [-0.25, -0.2) is 0 Å². The molecule has 1 heteroatoms. The molecule has 0 unspecified atom stereocenters. The summed E-state index contributed by atoms with van der Waals surface area (Å²) in [6.45, 7) is 17.9. The molecule has 3 aliphatic rings. The fourth-order valence-corrected chi connectivity index (χ4v) is 5.80. The maximum Gasteiger partial charge on any atom is 0.0839 e. The van der Waals surface area contributed by atoms with Gasteiger partial charge in [0, 0.05) is 0 Å². The van der Waals surface area contributed by atoms with Crippen LogP contribution in [0.5, 0.6) is 0 Å². The van der Waals surface area contributed by atoms with Crippen molar-refractivity contribution in [1.82, 2.24) is 0 Å². The molecule has 0 radical (unpaired) electrons. The highest BCUT2D eigenvalue weighted by molar-refractivity contribution is 5.20. The smallest absolute Gasteiger partial charge is 0.0839 e. The third-order valence-electron chi connectivity index (χ3n) is 7.28. The van der Waals surface area contributed by atoms with Gasteiger partial charge in [0.05, 0.1) is 11.2 Å². The van der Waals surface area contributed by atoms with Crippen LogP contribution in [0, 0.1) is 23.2 Å². The summed E-state index contributed by atoms with van der Waals surface area (Å²) in [5, 5.41) is 0. The lowest BCUT2D eigenvalue weighted by atomic mass is 9.47. The summed E-state index contributed by atoms with van der Waals surface area (Å²) in [4.78, 5) is 0. The Hall–Kier alpha value is -0.560. The Balaban J connectivity index is 1.93. The first-order valence-electron chi connectivity index (χ1n) is 8.76. The van der Waals surface area contributed by atoms with Crippen molar-refractivity contribution in [1.29, 1.82) is 0 Å². The average molecular weight is 288 g/mol. The highest BCUT2D eigenvalue weighted by Crippen LogP contribution is 2.63. The summed E-state index contributed by atoms with van der Waals surface area (Å²) >= 11 is 0. The Morgan fingerprint density at radius 2 is 1.81 bits per heavy atom. The summed E-state index contributed by atoms with van der Waals surface area (Å²) in [5.74, 6) is 2.08. The molecule has 2 aliphatic carbocycles. The molecule has 0 aromatic carbocycles. The zero-order chi connectivity index (χ0) is 15.5. The van der Waals surface area contributed by atoms with Gasteiger partial charge in [-0.05, 0) is 75.5 Å². The van der Waals surface area contributed by atoms with Crippen molar-refractivity contribution in [2.75, 3.05) is 0 Å². The van der Waals surface area contributed by atoms with E-state index >= 15 is 0 Å². The quantitative estimate of drug-likeness (QED) is 0.577. The fourth-order valence-electron chi connectivity index (χ4n) is 5.80. The lowest BCUT2D eigenvalue weighted by Crippen LogP contribution is -2.60. The molecule has 6 atom stereocenters. The minimum absolute atomic E-state index is 0.0211. The predicted molar refractivity (Wildman–Crippen MR) is 89.2 cm³/mol. The van der Waals surface area contributed by atoms with Crippen LogP contribution < -0.4 is 0 Å². The summed E-state index contributed by atoms with van der Waals surface area (Å²) < 4.78 is 6.64. The van der Waals surface area contributed by atoms with Crippen molar-refractivity contribution < 1.29 is 4.74 Å². The molecule has 0 N–H and O–H groups in total. The largest absolute Gasteiger partial charge is 0.365 e. The van der Waals surface area contributed by atoms with Gasteiger partial charge in [0.2, 0.25) is 0 Å². The molecule has 0 spiro atoms. The summed E-state index contributed by atoms with van der Waals surface area (Å²) in [7, 11) is 0.